The molecule has 0 aliphatic heterocycles. The summed E-state index contributed by atoms with van der Waals surface area (Å²) in [7, 11) is 0. The van der Waals surface area contributed by atoms with Gasteiger partial charge in [-0.05, 0) is 88.4 Å². The van der Waals surface area contributed by atoms with Crippen molar-refractivity contribution in [2.45, 2.75) is 27.7 Å². The third-order valence-corrected chi connectivity index (χ3v) is 9.65. The van der Waals surface area contributed by atoms with Crippen molar-refractivity contribution < 1.29 is 0 Å². The molecule has 0 atom stereocenters. The van der Waals surface area contributed by atoms with Crippen LogP contribution in [0.1, 0.15) is 22.8 Å². The van der Waals surface area contributed by atoms with Crippen LogP contribution in [0.4, 0.5) is 5.69 Å². The van der Waals surface area contributed by atoms with Gasteiger partial charge >= 0.3 is 0 Å². The number of hydrogen-bond acceptors (Lipinski definition) is 3. The lowest BCUT2D eigenvalue weighted by Gasteiger charge is -2.20. The minimum Gasteiger partial charge on any atom is -0.310 e. The molecule has 6 heteroatoms. The summed E-state index contributed by atoms with van der Waals surface area (Å²) in [5.41, 5.74) is 12.3. The van der Waals surface area contributed by atoms with Crippen molar-refractivity contribution in [3.05, 3.63) is 156 Å². The summed E-state index contributed by atoms with van der Waals surface area (Å²) < 4.78 is 4.69. The van der Waals surface area contributed by atoms with E-state index in [1.54, 1.807) is 0 Å². The van der Waals surface area contributed by atoms with Crippen LogP contribution in [0.15, 0.2) is 121 Å². The van der Waals surface area contributed by atoms with Gasteiger partial charge < -0.3 is 9.13 Å². The van der Waals surface area contributed by atoms with Gasteiger partial charge in [-0.3, -0.25) is 0 Å². The van der Waals surface area contributed by atoms with E-state index in [1.165, 1.54) is 32.7 Å². The summed E-state index contributed by atoms with van der Waals surface area (Å²) in [5.74, 6) is 1.99. The number of aryl methyl sites for hydroxylation is 4. The highest BCUT2D eigenvalue weighted by atomic mass is 15.0. The number of para-hydroxylation sites is 2. The van der Waals surface area contributed by atoms with Crippen LogP contribution in [0, 0.1) is 34.3 Å². The van der Waals surface area contributed by atoms with Gasteiger partial charge in [0.25, 0.3) is 0 Å². The molecular weight excluding hydrogens is 613 g/mol. The van der Waals surface area contributed by atoms with Gasteiger partial charge in [-0.1, -0.05) is 71.8 Å². The van der Waals surface area contributed by atoms with Crippen molar-refractivity contribution in [2.75, 3.05) is 0 Å². The Labute approximate surface area is 289 Å². The first-order chi connectivity index (χ1) is 24.4. The van der Waals surface area contributed by atoms with Crippen LogP contribution >= 0.6 is 0 Å². The molecular formula is C44H32N6. The minimum atomic E-state index is 0.579. The van der Waals surface area contributed by atoms with Crippen molar-refractivity contribution in [1.29, 1.82) is 0 Å². The second-order valence-electron chi connectivity index (χ2n) is 13.0. The van der Waals surface area contributed by atoms with E-state index >= 15 is 0 Å². The maximum atomic E-state index is 8.02. The zero-order chi connectivity index (χ0) is 34.1. The number of fused-ring (bicyclic) bond motifs is 6. The molecule has 238 valence electrons. The van der Waals surface area contributed by atoms with Crippen molar-refractivity contribution in [2.24, 2.45) is 0 Å². The molecule has 0 fully saturated rings. The third-order valence-electron chi connectivity index (χ3n) is 9.65. The molecule has 9 aromatic rings. The van der Waals surface area contributed by atoms with Crippen molar-refractivity contribution in [3.63, 3.8) is 0 Å². The van der Waals surface area contributed by atoms with Gasteiger partial charge in [-0.15, -0.1) is 0 Å². The van der Waals surface area contributed by atoms with Gasteiger partial charge in [0.05, 0.1) is 34.3 Å². The maximum absolute atomic E-state index is 8.02. The smallest absolute Gasteiger partial charge is 0.189 e. The SMILES string of the molecule is [C-]#[N+]c1ccc(-c2cc(-c3nc(C)nc(C)n3)ccc2-n2c3ccccc3c3cc(C)ccc32)c(-n2c3ccccc3c3cc(C)ccc32)c1. The van der Waals surface area contributed by atoms with Gasteiger partial charge in [0, 0.05) is 43.9 Å². The fraction of sp³-hybridized carbons (Fsp3) is 0.0909. The summed E-state index contributed by atoms with van der Waals surface area (Å²) >= 11 is 0. The van der Waals surface area contributed by atoms with Crippen LogP contribution in [-0.2, 0) is 0 Å². The van der Waals surface area contributed by atoms with Gasteiger partial charge in [-0.2, -0.15) is 0 Å². The molecule has 0 amide bonds. The molecule has 0 aliphatic rings. The van der Waals surface area contributed by atoms with Gasteiger partial charge in [0.1, 0.15) is 11.6 Å². The standard InChI is InChI=1S/C44H32N6/c1-26-14-19-40-35(22-26)32-10-6-8-12-38(32)49(40)42-21-16-30(44-47-28(3)46-29(4)48-44)24-37(42)34-18-17-31(45-5)25-43(34)50-39-13-9-7-11-33(39)36-23-27(2)15-20-41(36)50/h6-25H,1-4H3. The lowest BCUT2D eigenvalue weighted by atomic mass is 9.97. The van der Waals surface area contributed by atoms with E-state index in [1.807, 2.05) is 26.0 Å². The predicted octanol–water partition coefficient (Wildman–Crippen LogP) is 11.2. The summed E-state index contributed by atoms with van der Waals surface area (Å²) in [6, 6.07) is 43.0. The molecule has 0 saturated carbocycles. The second kappa shape index (κ2) is 11.3. The number of nitrogens with zero attached hydrogens (tertiary/aromatic N) is 6. The Balaban J connectivity index is 1.43. The van der Waals surface area contributed by atoms with Gasteiger partial charge in [-0.25, -0.2) is 19.8 Å². The second-order valence-corrected chi connectivity index (χ2v) is 13.0. The van der Waals surface area contributed by atoms with Crippen LogP contribution in [-0.4, -0.2) is 24.1 Å². The first kappa shape index (κ1) is 29.6. The molecule has 50 heavy (non-hydrogen) atoms. The Hall–Kier alpha value is -6.58. The number of hydrogen-bond donors (Lipinski definition) is 0. The first-order valence-corrected chi connectivity index (χ1v) is 16.7. The van der Waals surface area contributed by atoms with Crippen LogP contribution in [0.2, 0.25) is 0 Å². The average Bonchev–Trinajstić information content (AvgIpc) is 3.62. The fourth-order valence-electron chi connectivity index (χ4n) is 7.53. The van der Waals surface area contributed by atoms with E-state index in [4.69, 9.17) is 16.5 Å². The molecule has 3 aromatic heterocycles. The lowest BCUT2D eigenvalue weighted by molar-refractivity contribution is 0.928. The predicted molar refractivity (Wildman–Crippen MR) is 205 cm³/mol. The largest absolute Gasteiger partial charge is 0.310 e. The molecule has 6 aromatic carbocycles. The summed E-state index contributed by atoms with van der Waals surface area (Å²) in [5, 5.41) is 4.77. The quantitative estimate of drug-likeness (QED) is 0.179. The zero-order valence-corrected chi connectivity index (χ0v) is 28.2. The molecule has 0 bridgehead atoms. The molecule has 0 saturated heterocycles. The van der Waals surface area contributed by atoms with Gasteiger partial charge in [0.15, 0.2) is 11.5 Å². The van der Waals surface area contributed by atoms with Crippen LogP contribution in [0.5, 0.6) is 0 Å². The Morgan fingerprint density at radius 3 is 1.64 bits per heavy atom. The molecule has 0 radical (unpaired) electrons. The van der Waals surface area contributed by atoms with E-state index in [0.717, 1.165) is 50.1 Å². The number of benzene rings is 6. The number of aromatic nitrogens is 5. The summed E-state index contributed by atoms with van der Waals surface area (Å²) in [4.78, 5) is 17.9. The highest BCUT2D eigenvalue weighted by molar-refractivity contribution is 6.12. The summed E-state index contributed by atoms with van der Waals surface area (Å²) in [6.07, 6.45) is 0. The Bertz CT molecular complexity index is 2860. The van der Waals surface area contributed by atoms with Crippen molar-refractivity contribution in [3.8, 4) is 33.9 Å². The molecule has 0 spiro atoms. The van der Waals surface area contributed by atoms with Crippen molar-refractivity contribution >= 4 is 49.3 Å². The van der Waals surface area contributed by atoms with Gasteiger partial charge in [0.2, 0.25) is 0 Å². The van der Waals surface area contributed by atoms with E-state index in [9.17, 15) is 0 Å². The monoisotopic (exact) mass is 644 g/mol. The Morgan fingerprint density at radius 1 is 0.480 bits per heavy atom. The Morgan fingerprint density at radius 2 is 1.04 bits per heavy atom. The molecule has 9 rings (SSSR count). The maximum Gasteiger partial charge on any atom is 0.189 e. The van der Waals surface area contributed by atoms with E-state index in [0.29, 0.717) is 23.2 Å². The average molecular weight is 645 g/mol. The van der Waals surface area contributed by atoms with E-state index in [-0.39, 0.29) is 0 Å². The van der Waals surface area contributed by atoms with E-state index in [2.05, 4.69) is 142 Å². The zero-order valence-electron chi connectivity index (χ0n) is 28.2. The molecule has 0 unspecified atom stereocenters. The van der Waals surface area contributed by atoms with E-state index < -0.39 is 0 Å². The van der Waals surface area contributed by atoms with Crippen LogP contribution < -0.4 is 0 Å². The van der Waals surface area contributed by atoms with Crippen LogP contribution in [0.25, 0.3) is 82.3 Å². The number of rotatable bonds is 4. The molecule has 6 nitrogen and oxygen atoms in total. The molecule has 0 N–H and O–H groups in total. The Kier molecular flexibility index (Phi) is 6.65. The molecule has 0 aliphatic carbocycles. The first-order valence-electron chi connectivity index (χ1n) is 16.7. The lowest BCUT2D eigenvalue weighted by Crippen LogP contribution is -2.03. The van der Waals surface area contributed by atoms with Crippen LogP contribution in [0.3, 0.4) is 0 Å². The van der Waals surface area contributed by atoms with Crippen molar-refractivity contribution in [1.82, 2.24) is 24.1 Å². The normalized spacial score (nSPS) is 11.6. The topological polar surface area (TPSA) is 52.9 Å². The third kappa shape index (κ3) is 4.59. The highest BCUT2D eigenvalue weighted by Crippen LogP contribution is 2.43. The molecule has 3 heterocycles. The highest BCUT2D eigenvalue weighted by Gasteiger charge is 2.22. The minimum absolute atomic E-state index is 0.579. The fourth-order valence-corrected chi connectivity index (χ4v) is 7.53. The summed E-state index contributed by atoms with van der Waals surface area (Å²) in [6.45, 7) is 16.1.